The maximum atomic E-state index is 5.74. The number of hydrogen-bond donors (Lipinski definition) is 1. The average molecular weight is 388 g/mol. The monoisotopic (exact) mass is 387 g/mol. The molecule has 0 aliphatic heterocycles. The number of hydrogen-bond acceptors (Lipinski definition) is 5. The fourth-order valence-corrected chi connectivity index (χ4v) is 2.88. The van der Waals surface area contributed by atoms with Crippen LogP contribution in [-0.2, 0) is 6.54 Å². The molecule has 1 N–H and O–H groups in total. The van der Waals surface area contributed by atoms with Gasteiger partial charge < -0.3 is 24.3 Å². The van der Waals surface area contributed by atoms with E-state index in [0.717, 1.165) is 47.1 Å². The van der Waals surface area contributed by atoms with Crippen LogP contribution in [-0.4, -0.2) is 26.9 Å². The third-order valence-corrected chi connectivity index (χ3v) is 4.37. The third kappa shape index (κ3) is 6.06. The van der Waals surface area contributed by atoms with Gasteiger partial charge in [-0.05, 0) is 62.6 Å². The van der Waals surface area contributed by atoms with E-state index in [0.29, 0.717) is 19.8 Å². The highest BCUT2D eigenvalue weighted by molar-refractivity contribution is 5.44. The largest absolute Gasteiger partial charge is 0.493 e. The molecule has 5 nitrogen and oxygen atoms in total. The standard InChI is InChI=1S/C23H33NO4/c1-6-13-28-20-11-9-18(14-22(20)25-5)16-24-17(4)19-10-12-21(26-7-2)23(15-19)27-8-3/h9-12,14-15,17,24H,6-8,13,16H2,1-5H3. The Kier molecular flexibility index (Phi) is 8.95. The Balaban J connectivity index is 2.05. The van der Waals surface area contributed by atoms with Gasteiger partial charge in [0.15, 0.2) is 23.0 Å². The van der Waals surface area contributed by atoms with Crippen LogP contribution in [0.1, 0.15) is 51.3 Å². The molecule has 0 saturated carbocycles. The molecule has 0 bridgehead atoms. The van der Waals surface area contributed by atoms with Crippen LogP contribution >= 0.6 is 0 Å². The first kappa shape index (κ1) is 21.9. The predicted octanol–water partition coefficient (Wildman–Crippen LogP) is 5.13. The maximum absolute atomic E-state index is 5.74. The second-order valence-corrected chi connectivity index (χ2v) is 6.51. The Morgan fingerprint density at radius 3 is 2.18 bits per heavy atom. The van der Waals surface area contributed by atoms with Gasteiger partial charge in [0.1, 0.15) is 0 Å². The van der Waals surface area contributed by atoms with E-state index in [1.54, 1.807) is 7.11 Å². The van der Waals surface area contributed by atoms with Gasteiger partial charge in [0, 0.05) is 12.6 Å². The van der Waals surface area contributed by atoms with Crippen LogP contribution < -0.4 is 24.3 Å². The van der Waals surface area contributed by atoms with Crippen molar-refractivity contribution in [2.24, 2.45) is 0 Å². The van der Waals surface area contributed by atoms with Crippen LogP contribution in [0.4, 0.5) is 0 Å². The van der Waals surface area contributed by atoms with Crippen LogP contribution in [0.5, 0.6) is 23.0 Å². The zero-order valence-electron chi connectivity index (χ0n) is 17.7. The Labute approximate surface area is 169 Å². The van der Waals surface area contributed by atoms with Crippen LogP contribution in [0.25, 0.3) is 0 Å². The molecule has 0 aliphatic carbocycles. The van der Waals surface area contributed by atoms with Crippen molar-refractivity contribution in [1.82, 2.24) is 5.32 Å². The number of nitrogens with one attached hydrogen (secondary N) is 1. The summed E-state index contributed by atoms with van der Waals surface area (Å²) in [7, 11) is 1.67. The smallest absolute Gasteiger partial charge is 0.161 e. The van der Waals surface area contributed by atoms with Crippen molar-refractivity contribution in [3.8, 4) is 23.0 Å². The first-order valence-corrected chi connectivity index (χ1v) is 10.0. The van der Waals surface area contributed by atoms with E-state index in [-0.39, 0.29) is 6.04 Å². The minimum absolute atomic E-state index is 0.164. The van der Waals surface area contributed by atoms with Gasteiger partial charge in [-0.3, -0.25) is 0 Å². The third-order valence-electron chi connectivity index (χ3n) is 4.37. The van der Waals surface area contributed by atoms with Gasteiger partial charge in [-0.25, -0.2) is 0 Å². The number of rotatable bonds is 12. The first-order valence-electron chi connectivity index (χ1n) is 10.0. The number of benzene rings is 2. The molecular weight excluding hydrogens is 354 g/mol. The quantitative estimate of drug-likeness (QED) is 0.547. The first-order chi connectivity index (χ1) is 13.6. The Bertz CT molecular complexity index is 733. The SMILES string of the molecule is CCCOc1ccc(CNC(C)c2ccc(OCC)c(OCC)c2)cc1OC. The van der Waals surface area contributed by atoms with E-state index >= 15 is 0 Å². The average Bonchev–Trinajstić information content (AvgIpc) is 2.72. The zero-order chi connectivity index (χ0) is 20.4. The molecule has 28 heavy (non-hydrogen) atoms. The number of ether oxygens (including phenoxy) is 4. The van der Waals surface area contributed by atoms with Crippen molar-refractivity contribution in [3.05, 3.63) is 47.5 Å². The van der Waals surface area contributed by atoms with Crippen molar-refractivity contribution < 1.29 is 18.9 Å². The minimum atomic E-state index is 0.164. The minimum Gasteiger partial charge on any atom is -0.493 e. The summed E-state index contributed by atoms with van der Waals surface area (Å²) in [6, 6.07) is 12.3. The second-order valence-electron chi connectivity index (χ2n) is 6.51. The molecule has 1 atom stereocenters. The molecule has 0 aromatic heterocycles. The molecule has 5 heteroatoms. The lowest BCUT2D eigenvalue weighted by atomic mass is 10.1. The van der Waals surface area contributed by atoms with E-state index < -0.39 is 0 Å². The second kappa shape index (κ2) is 11.4. The summed E-state index contributed by atoms with van der Waals surface area (Å²) in [5, 5.41) is 3.56. The molecule has 0 fully saturated rings. The summed E-state index contributed by atoms with van der Waals surface area (Å²) < 4.78 is 22.6. The molecule has 0 amide bonds. The normalized spacial score (nSPS) is 11.8. The van der Waals surface area contributed by atoms with Gasteiger partial charge in [-0.2, -0.15) is 0 Å². The van der Waals surface area contributed by atoms with Crippen LogP contribution in [0, 0.1) is 0 Å². The summed E-state index contributed by atoms with van der Waals surface area (Å²) in [4.78, 5) is 0. The molecule has 0 saturated heterocycles. The summed E-state index contributed by atoms with van der Waals surface area (Å²) in [5.41, 5.74) is 2.30. The highest BCUT2D eigenvalue weighted by Crippen LogP contribution is 2.31. The van der Waals surface area contributed by atoms with E-state index in [2.05, 4.69) is 37.4 Å². The summed E-state index contributed by atoms with van der Waals surface area (Å²) in [6.45, 7) is 10.8. The van der Waals surface area contributed by atoms with E-state index in [9.17, 15) is 0 Å². The Hall–Kier alpha value is -2.40. The van der Waals surface area contributed by atoms with E-state index in [1.165, 1.54) is 0 Å². The van der Waals surface area contributed by atoms with Gasteiger partial charge in [0.2, 0.25) is 0 Å². The summed E-state index contributed by atoms with van der Waals surface area (Å²) in [6.07, 6.45) is 0.968. The molecule has 2 aromatic rings. The van der Waals surface area contributed by atoms with Crippen molar-refractivity contribution in [2.45, 2.75) is 46.7 Å². The van der Waals surface area contributed by atoms with Crippen molar-refractivity contribution >= 4 is 0 Å². The maximum Gasteiger partial charge on any atom is 0.161 e. The van der Waals surface area contributed by atoms with E-state index in [1.807, 2.05) is 32.0 Å². The van der Waals surface area contributed by atoms with Crippen molar-refractivity contribution in [3.63, 3.8) is 0 Å². The number of methoxy groups -OCH3 is 1. The molecule has 1 unspecified atom stereocenters. The molecule has 2 rings (SSSR count). The van der Waals surface area contributed by atoms with Gasteiger partial charge in [-0.1, -0.05) is 19.1 Å². The fourth-order valence-electron chi connectivity index (χ4n) is 2.88. The lowest BCUT2D eigenvalue weighted by molar-refractivity contribution is 0.287. The lowest BCUT2D eigenvalue weighted by Gasteiger charge is -2.18. The molecule has 154 valence electrons. The lowest BCUT2D eigenvalue weighted by Crippen LogP contribution is -2.18. The fraction of sp³-hybridized carbons (Fsp3) is 0.478. The zero-order valence-corrected chi connectivity index (χ0v) is 17.7. The van der Waals surface area contributed by atoms with Gasteiger partial charge in [0.25, 0.3) is 0 Å². The molecular formula is C23H33NO4. The molecule has 2 aromatic carbocycles. The molecule has 0 aliphatic rings. The summed E-state index contributed by atoms with van der Waals surface area (Å²) in [5.74, 6) is 3.12. The molecule has 0 radical (unpaired) electrons. The van der Waals surface area contributed by atoms with Crippen LogP contribution in [0.15, 0.2) is 36.4 Å². The highest BCUT2D eigenvalue weighted by Gasteiger charge is 2.12. The van der Waals surface area contributed by atoms with E-state index in [4.69, 9.17) is 18.9 Å². The molecule has 0 spiro atoms. The van der Waals surface area contributed by atoms with Gasteiger partial charge in [0.05, 0.1) is 26.9 Å². The topological polar surface area (TPSA) is 49.0 Å². The summed E-state index contributed by atoms with van der Waals surface area (Å²) >= 11 is 0. The van der Waals surface area contributed by atoms with Crippen LogP contribution in [0.2, 0.25) is 0 Å². The van der Waals surface area contributed by atoms with Gasteiger partial charge >= 0.3 is 0 Å². The van der Waals surface area contributed by atoms with Crippen molar-refractivity contribution in [2.75, 3.05) is 26.9 Å². The highest BCUT2D eigenvalue weighted by atomic mass is 16.5. The molecule has 0 heterocycles. The van der Waals surface area contributed by atoms with Crippen LogP contribution in [0.3, 0.4) is 0 Å². The van der Waals surface area contributed by atoms with Crippen molar-refractivity contribution in [1.29, 1.82) is 0 Å². The Morgan fingerprint density at radius 2 is 1.50 bits per heavy atom. The van der Waals surface area contributed by atoms with Gasteiger partial charge in [-0.15, -0.1) is 0 Å². The predicted molar refractivity (Wildman–Crippen MR) is 113 cm³/mol. The Morgan fingerprint density at radius 1 is 0.821 bits per heavy atom.